The highest BCUT2D eigenvalue weighted by atomic mass is 16.5. The first-order valence-corrected chi connectivity index (χ1v) is 8.99. The molecule has 0 heterocycles. The number of rotatable bonds is 6. The molecule has 0 bridgehead atoms. The third-order valence-corrected chi connectivity index (χ3v) is 4.51. The molecule has 0 aliphatic rings. The normalized spacial score (nSPS) is 11.0. The van der Waals surface area contributed by atoms with E-state index in [9.17, 15) is 9.59 Å². The Morgan fingerprint density at radius 2 is 1.68 bits per heavy atom. The average molecular weight is 374 g/mol. The topological polar surface area (TPSA) is 52.6 Å². The van der Waals surface area contributed by atoms with E-state index in [2.05, 4.69) is 0 Å². The molecule has 0 aliphatic carbocycles. The number of carbonyl (C=O) groups is 2. The number of ether oxygens (including phenoxy) is 2. The van der Waals surface area contributed by atoms with Gasteiger partial charge in [0.1, 0.15) is 5.75 Å². The van der Waals surface area contributed by atoms with Crippen LogP contribution in [0.15, 0.2) is 60.7 Å². The van der Waals surface area contributed by atoms with Crippen molar-refractivity contribution in [3.05, 3.63) is 82.9 Å². The van der Waals surface area contributed by atoms with E-state index in [0.29, 0.717) is 5.56 Å². The van der Waals surface area contributed by atoms with Crippen LogP contribution in [0.5, 0.6) is 5.75 Å². The van der Waals surface area contributed by atoms with Crippen LogP contribution in [0.2, 0.25) is 0 Å². The van der Waals surface area contributed by atoms with Crippen LogP contribution < -0.4 is 4.74 Å². The Balaban J connectivity index is 1.61. The zero-order chi connectivity index (χ0) is 20.1. The predicted molar refractivity (Wildman–Crippen MR) is 111 cm³/mol. The Kier molecular flexibility index (Phi) is 5.90. The Morgan fingerprint density at radius 1 is 0.929 bits per heavy atom. The van der Waals surface area contributed by atoms with Crippen molar-refractivity contribution in [1.29, 1.82) is 0 Å². The molecular weight excluding hydrogens is 352 g/mol. The Hall–Kier alpha value is -3.40. The summed E-state index contributed by atoms with van der Waals surface area (Å²) >= 11 is 0. The highest BCUT2D eigenvalue weighted by molar-refractivity contribution is 6.00. The number of aryl methyl sites for hydroxylation is 2. The third kappa shape index (κ3) is 4.65. The van der Waals surface area contributed by atoms with Crippen molar-refractivity contribution in [2.45, 2.75) is 13.8 Å². The van der Waals surface area contributed by atoms with E-state index < -0.39 is 5.97 Å². The second kappa shape index (κ2) is 8.53. The van der Waals surface area contributed by atoms with Gasteiger partial charge in [0.05, 0.1) is 7.11 Å². The van der Waals surface area contributed by atoms with E-state index in [1.54, 1.807) is 19.3 Å². The Labute approximate surface area is 164 Å². The van der Waals surface area contributed by atoms with E-state index in [1.165, 1.54) is 6.08 Å². The number of fused-ring (bicyclic) bond motifs is 1. The molecular formula is C24H22O4. The summed E-state index contributed by atoms with van der Waals surface area (Å²) in [5, 5.41) is 2.10. The number of hydrogen-bond donors (Lipinski definition) is 0. The first-order chi connectivity index (χ1) is 13.5. The second-order valence-corrected chi connectivity index (χ2v) is 6.66. The van der Waals surface area contributed by atoms with Gasteiger partial charge in [0, 0.05) is 11.6 Å². The molecule has 0 amide bonds. The van der Waals surface area contributed by atoms with Crippen LogP contribution in [0, 0.1) is 13.8 Å². The van der Waals surface area contributed by atoms with Crippen LogP contribution in [-0.2, 0) is 9.53 Å². The van der Waals surface area contributed by atoms with Gasteiger partial charge in [-0.25, -0.2) is 4.79 Å². The van der Waals surface area contributed by atoms with Gasteiger partial charge in [-0.05, 0) is 60.0 Å². The molecule has 0 N–H and O–H groups in total. The molecule has 0 atom stereocenters. The van der Waals surface area contributed by atoms with Gasteiger partial charge in [-0.2, -0.15) is 0 Å². The molecule has 142 valence electrons. The highest BCUT2D eigenvalue weighted by Crippen LogP contribution is 2.22. The van der Waals surface area contributed by atoms with Crippen LogP contribution in [-0.4, -0.2) is 25.5 Å². The molecule has 0 fully saturated rings. The number of ketones is 1. The lowest BCUT2D eigenvalue weighted by molar-refractivity contribution is -0.136. The molecule has 3 aromatic rings. The van der Waals surface area contributed by atoms with Gasteiger partial charge in [0.25, 0.3) is 0 Å². The lowest BCUT2D eigenvalue weighted by Crippen LogP contribution is -2.13. The summed E-state index contributed by atoms with van der Waals surface area (Å²) in [7, 11) is 1.63. The summed E-state index contributed by atoms with van der Waals surface area (Å²) in [6, 6.07) is 17.2. The van der Waals surface area contributed by atoms with Crippen molar-refractivity contribution in [3.8, 4) is 5.75 Å². The molecule has 0 spiro atoms. The van der Waals surface area contributed by atoms with Gasteiger partial charge in [-0.3, -0.25) is 4.79 Å². The van der Waals surface area contributed by atoms with Gasteiger partial charge >= 0.3 is 5.97 Å². The molecule has 0 radical (unpaired) electrons. The summed E-state index contributed by atoms with van der Waals surface area (Å²) in [6.07, 6.45) is 3.01. The quantitative estimate of drug-likeness (QED) is 0.350. The molecule has 0 saturated carbocycles. The van der Waals surface area contributed by atoms with Crippen molar-refractivity contribution >= 4 is 28.6 Å². The monoisotopic (exact) mass is 374 g/mol. The van der Waals surface area contributed by atoms with Gasteiger partial charge < -0.3 is 9.47 Å². The first-order valence-electron chi connectivity index (χ1n) is 8.99. The lowest BCUT2D eigenvalue weighted by atomic mass is 10.0. The Morgan fingerprint density at radius 3 is 2.43 bits per heavy atom. The van der Waals surface area contributed by atoms with Crippen molar-refractivity contribution < 1.29 is 19.1 Å². The Bertz CT molecular complexity index is 1060. The van der Waals surface area contributed by atoms with Gasteiger partial charge in [-0.1, -0.05) is 42.0 Å². The molecule has 0 saturated heterocycles. The molecule has 0 aliphatic heterocycles. The number of methoxy groups -OCH3 is 1. The standard InChI is InChI=1S/C24H22O4/c1-16-4-10-22(17(2)12-16)23(25)15-28-24(26)11-6-18-5-7-20-14-21(27-3)9-8-19(20)13-18/h4-14H,15H2,1-3H3/b11-6+. The molecule has 28 heavy (non-hydrogen) atoms. The number of carbonyl (C=O) groups excluding carboxylic acids is 2. The average Bonchev–Trinajstić information content (AvgIpc) is 2.69. The van der Waals surface area contributed by atoms with Crippen LogP contribution in [0.25, 0.3) is 16.8 Å². The highest BCUT2D eigenvalue weighted by Gasteiger charge is 2.11. The SMILES string of the molecule is COc1ccc2cc(/C=C/C(=O)OCC(=O)c3ccc(C)cc3C)ccc2c1. The second-order valence-electron chi connectivity index (χ2n) is 6.66. The van der Waals surface area contributed by atoms with E-state index in [-0.39, 0.29) is 12.4 Å². The van der Waals surface area contributed by atoms with Gasteiger partial charge in [-0.15, -0.1) is 0 Å². The minimum atomic E-state index is -0.548. The fourth-order valence-corrected chi connectivity index (χ4v) is 3.03. The summed E-state index contributed by atoms with van der Waals surface area (Å²) < 4.78 is 10.3. The van der Waals surface area contributed by atoms with Crippen LogP contribution in [0.1, 0.15) is 27.0 Å². The third-order valence-electron chi connectivity index (χ3n) is 4.51. The molecule has 3 rings (SSSR count). The van der Waals surface area contributed by atoms with Crippen molar-refractivity contribution in [3.63, 3.8) is 0 Å². The van der Waals surface area contributed by atoms with Crippen molar-refractivity contribution in [1.82, 2.24) is 0 Å². The van der Waals surface area contributed by atoms with Crippen LogP contribution >= 0.6 is 0 Å². The maximum absolute atomic E-state index is 12.2. The smallest absolute Gasteiger partial charge is 0.331 e. The van der Waals surface area contributed by atoms with Gasteiger partial charge in [0.15, 0.2) is 6.61 Å². The fraction of sp³-hybridized carbons (Fsp3) is 0.167. The summed E-state index contributed by atoms with van der Waals surface area (Å²) in [5.74, 6) is 0.0414. The van der Waals surface area contributed by atoms with Crippen molar-refractivity contribution in [2.24, 2.45) is 0 Å². The van der Waals surface area contributed by atoms with E-state index >= 15 is 0 Å². The fourth-order valence-electron chi connectivity index (χ4n) is 3.03. The zero-order valence-corrected chi connectivity index (χ0v) is 16.2. The largest absolute Gasteiger partial charge is 0.497 e. The summed E-state index contributed by atoms with van der Waals surface area (Å²) in [5.41, 5.74) is 3.41. The number of benzene rings is 3. The number of esters is 1. The first kappa shape index (κ1) is 19.4. The molecule has 4 heteroatoms. The van der Waals surface area contributed by atoms with Crippen LogP contribution in [0.3, 0.4) is 0 Å². The van der Waals surface area contributed by atoms with Gasteiger partial charge in [0.2, 0.25) is 5.78 Å². The summed E-state index contributed by atoms with van der Waals surface area (Å²) in [6.45, 7) is 3.57. The molecule has 0 aromatic heterocycles. The summed E-state index contributed by atoms with van der Waals surface area (Å²) in [4.78, 5) is 24.2. The maximum Gasteiger partial charge on any atom is 0.331 e. The van der Waals surface area contributed by atoms with Crippen molar-refractivity contribution in [2.75, 3.05) is 13.7 Å². The minimum Gasteiger partial charge on any atom is -0.497 e. The predicted octanol–water partition coefficient (Wildman–Crippen LogP) is 4.90. The minimum absolute atomic E-state index is 0.209. The maximum atomic E-state index is 12.2. The molecule has 0 unspecified atom stereocenters. The van der Waals surface area contributed by atoms with Crippen LogP contribution in [0.4, 0.5) is 0 Å². The molecule has 4 nitrogen and oxygen atoms in total. The number of hydrogen-bond acceptors (Lipinski definition) is 4. The lowest BCUT2D eigenvalue weighted by Gasteiger charge is -2.06. The van der Waals surface area contributed by atoms with E-state index in [0.717, 1.165) is 33.2 Å². The van der Waals surface area contributed by atoms with E-state index in [4.69, 9.17) is 9.47 Å². The van der Waals surface area contributed by atoms with E-state index in [1.807, 2.05) is 62.4 Å². The number of Topliss-reactive ketones (excluding diaryl/α,β-unsaturated/α-hetero) is 1. The molecule has 3 aromatic carbocycles. The zero-order valence-electron chi connectivity index (χ0n) is 16.2.